The van der Waals surface area contributed by atoms with E-state index in [0.717, 1.165) is 47.6 Å². The fraction of sp³-hybridized carbons (Fsp3) is 0.414. The number of aromatic nitrogens is 1. The summed E-state index contributed by atoms with van der Waals surface area (Å²) in [6, 6.07) is 10.5. The van der Waals surface area contributed by atoms with Crippen molar-refractivity contribution < 1.29 is 9.53 Å². The monoisotopic (exact) mass is 523 g/mol. The van der Waals surface area contributed by atoms with Crippen LogP contribution in [0.15, 0.2) is 35.7 Å². The predicted octanol–water partition coefficient (Wildman–Crippen LogP) is 10.0. The number of thiophene rings is 3. The third-order valence-electron chi connectivity index (χ3n) is 6.63. The van der Waals surface area contributed by atoms with E-state index in [0.29, 0.717) is 0 Å². The minimum absolute atomic E-state index is 0.770. The van der Waals surface area contributed by atoms with Gasteiger partial charge < -0.3 is 9.30 Å². The Hall–Kier alpha value is -2.15. The molecule has 0 spiro atoms. The largest absolute Gasteiger partial charge is 0.494 e. The minimum Gasteiger partial charge on any atom is -0.494 e. The molecule has 5 aromatic rings. The van der Waals surface area contributed by atoms with E-state index in [4.69, 9.17) is 4.74 Å². The second-order valence-electron chi connectivity index (χ2n) is 9.23. The molecule has 1 aromatic carbocycles. The van der Waals surface area contributed by atoms with Gasteiger partial charge in [-0.05, 0) is 60.5 Å². The number of aldehydes is 1. The Kier molecular flexibility index (Phi) is 7.91. The molecule has 0 fully saturated rings. The maximum Gasteiger partial charge on any atom is 0.160 e. The highest BCUT2D eigenvalue weighted by molar-refractivity contribution is 7.35. The van der Waals surface area contributed by atoms with Gasteiger partial charge in [-0.25, -0.2) is 0 Å². The molecule has 0 aliphatic heterocycles. The van der Waals surface area contributed by atoms with Crippen molar-refractivity contribution in [2.75, 3.05) is 6.61 Å². The first-order valence-electron chi connectivity index (χ1n) is 12.9. The molecule has 4 aromatic heterocycles. The molecule has 0 unspecified atom stereocenters. The highest BCUT2D eigenvalue weighted by Gasteiger charge is 2.22. The summed E-state index contributed by atoms with van der Waals surface area (Å²) >= 11 is 5.39. The molecular formula is C29H33NO2S3. The van der Waals surface area contributed by atoms with Crippen LogP contribution in [0.2, 0.25) is 0 Å². The van der Waals surface area contributed by atoms with Crippen LogP contribution in [0.5, 0.6) is 5.75 Å². The molecule has 0 saturated carbocycles. The van der Waals surface area contributed by atoms with Crippen LogP contribution in [-0.2, 0) is 6.42 Å². The molecule has 0 bridgehead atoms. The van der Waals surface area contributed by atoms with Crippen LogP contribution in [0.25, 0.3) is 35.5 Å². The zero-order chi connectivity index (χ0) is 24.2. The lowest BCUT2D eigenvalue weighted by Gasteiger charge is -2.09. The predicted molar refractivity (Wildman–Crippen MR) is 155 cm³/mol. The van der Waals surface area contributed by atoms with Crippen molar-refractivity contribution in [2.24, 2.45) is 0 Å². The second kappa shape index (κ2) is 11.3. The van der Waals surface area contributed by atoms with E-state index in [-0.39, 0.29) is 0 Å². The number of carbonyl (C=O) groups excluding carboxylic acids is 1. The summed E-state index contributed by atoms with van der Waals surface area (Å²) in [7, 11) is 0. The Bertz CT molecular complexity index is 1420. The van der Waals surface area contributed by atoms with Gasteiger partial charge in [0.15, 0.2) is 6.29 Å². The molecule has 0 radical (unpaired) electrons. The van der Waals surface area contributed by atoms with E-state index < -0.39 is 0 Å². The van der Waals surface area contributed by atoms with E-state index in [1.807, 2.05) is 28.7 Å². The molecular weight excluding hydrogens is 491 g/mol. The molecule has 184 valence electrons. The van der Waals surface area contributed by atoms with Gasteiger partial charge >= 0.3 is 0 Å². The Morgan fingerprint density at radius 3 is 2.37 bits per heavy atom. The number of rotatable bonds is 13. The smallest absolute Gasteiger partial charge is 0.160 e. The number of nitrogens with zero attached hydrogens (tertiary/aromatic N) is 1. The van der Waals surface area contributed by atoms with Crippen molar-refractivity contribution in [3.05, 3.63) is 46.2 Å². The fourth-order valence-electron chi connectivity index (χ4n) is 4.77. The summed E-state index contributed by atoms with van der Waals surface area (Å²) in [6.07, 6.45) is 12.1. The van der Waals surface area contributed by atoms with Gasteiger partial charge in [-0.15, -0.1) is 34.0 Å². The molecule has 0 aliphatic carbocycles. The maximum absolute atomic E-state index is 11.6. The summed E-state index contributed by atoms with van der Waals surface area (Å²) in [6.45, 7) is 5.26. The van der Waals surface area contributed by atoms with Gasteiger partial charge in [0, 0.05) is 5.69 Å². The highest BCUT2D eigenvalue weighted by Crippen LogP contribution is 2.48. The van der Waals surface area contributed by atoms with Crippen LogP contribution in [-0.4, -0.2) is 17.5 Å². The Morgan fingerprint density at radius 1 is 0.857 bits per heavy atom. The second-order valence-corrected chi connectivity index (χ2v) is 12.2. The zero-order valence-corrected chi connectivity index (χ0v) is 23.1. The summed E-state index contributed by atoms with van der Waals surface area (Å²) in [5.74, 6) is 0.921. The summed E-state index contributed by atoms with van der Waals surface area (Å²) in [5.41, 5.74) is 5.03. The van der Waals surface area contributed by atoms with Crippen molar-refractivity contribution in [2.45, 2.75) is 71.6 Å². The normalized spacial score (nSPS) is 11.8. The van der Waals surface area contributed by atoms with E-state index in [1.165, 1.54) is 74.8 Å². The number of ether oxygens (including phenoxy) is 1. The van der Waals surface area contributed by atoms with Crippen LogP contribution < -0.4 is 4.74 Å². The molecule has 3 nitrogen and oxygen atoms in total. The standard InChI is InChI=1S/C29H33NO2S3/c1-3-5-7-9-11-20-19-33-28-25-29(35-26(20)28)27-24(17-23(18-31)34-27)30(25)21-12-14-22(15-13-21)32-16-10-8-6-4-2/h12-15,17-19H,3-11,16H2,1-2H3. The Balaban J connectivity index is 1.50. The Morgan fingerprint density at radius 2 is 1.63 bits per heavy atom. The van der Waals surface area contributed by atoms with Gasteiger partial charge in [-0.3, -0.25) is 4.79 Å². The van der Waals surface area contributed by atoms with Crippen LogP contribution >= 0.6 is 34.0 Å². The van der Waals surface area contributed by atoms with Gasteiger partial charge in [-0.1, -0.05) is 52.4 Å². The van der Waals surface area contributed by atoms with Crippen molar-refractivity contribution in [3.63, 3.8) is 0 Å². The van der Waals surface area contributed by atoms with Gasteiger partial charge in [0.2, 0.25) is 0 Å². The first kappa shape index (κ1) is 24.5. The number of fused-ring (bicyclic) bond motifs is 5. The van der Waals surface area contributed by atoms with E-state index in [1.54, 1.807) is 11.3 Å². The van der Waals surface area contributed by atoms with Crippen molar-refractivity contribution in [1.82, 2.24) is 4.57 Å². The molecule has 6 heteroatoms. The number of hydrogen-bond donors (Lipinski definition) is 0. The molecule has 0 saturated heterocycles. The third-order valence-corrected chi connectivity index (χ3v) is 10.3. The lowest BCUT2D eigenvalue weighted by molar-refractivity contribution is 0.112. The number of carbonyl (C=O) groups is 1. The first-order chi connectivity index (χ1) is 17.2. The summed E-state index contributed by atoms with van der Waals surface area (Å²) in [4.78, 5) is 12.4. The van der Waals surface area contributed by atoms with Crippen LogP contribution in [0.4, 0.5) is 0 Å². The van der Waals surface area contributed by atoms with E-state index >= 15 is 0 Å². The lowest BCUT2D eigenvalue weighted by atomic mass is 10.1. The minimum atomic E-state index is 0.770. The van der Waals surface area contributed by atoms with Crippen molar-refractivity contribution >= 4 is 70.1 Å². The van der Waals surface area contributed by atoms with E-state index in [9.17, 15) is 4.79 Å². The SMILES string of the molecule is CCCCCCOc1ccc(-n2c3cc(C=O)sc3c3sc4c(CCCCCC)csc4c32)cc1. The van der Waals surface area contributed by atoms with Crippen LogP contribution in [0.1, 0.15) is 80.4 Å². The van der Waals surface area contributed by atoms with Crippen LogP contribution in [0, 0.1) is 0 Å². The van der Waals surface area contributed by atoms with Gasteiger partial charge in [-0.2, -0.15) is 0 Å². The van der Waals surface area contributed by atoms with Gasteiger partial charge in [0.1, 0.15) is 5.75 Å². The fourth-order valence-corrected chi connectivity index (χ4v) is 8.54. The van der Waals surface area contributed by atoms with Gasteiger partial charge in [0.25, 0.3) is 0 Å². The first-order valence-corrected chi connectivity index (χ1v) is 15.4. The molecule has 0 aliphatic rings. The zero-order valence-electron chi connectivity index (χ0n) is 20.6. The Labute approximate surface area is 219 Å². The third kappa shape index (κ3) is 4.93. The molecule has 0 atom stereocenters. The molecule has 0 amide bonds. The highest BCUT2D eigenvalue weighted by atomic mass is 32.1. The number of unbranched alkanes of at least 4 members (excludes halogenated alkanes) is 6. The molecule has 35 heavy (non-hydrogen) atoms. The number of aryl methyl sites for hydroxylation is 1. The molecule has 5 rings (SSSR count). The van der Waals surface area contributed by atoms with Crippen LogP contribution in [0.3, 0.4) is 0 Å². The van der Waals surface area contributed by atoms with Gasteiger partial charge in [0.05, 0.1) is 41.3 Å². The number of hydrogen-bond acceptors (Lipinski definition) is 5. The summed E-state index contributed by atoms with van der Waals surface area (Å²) in [5, 5.41) is 2.37. The quantitative estimate of drug-likeness (QED) is 0.114. The van der Waals surface area contributed by atoms with E-state index in [2.05, 4.69) is 48.1 Å². The summed E-state index contributed by atoms with van der Waals surface area (Å²) < 4.78 is 13.7. The van der Waals surface area contributed by atoms with Crippen molar-refractivity contribution in [3.8, 4) is 11.4 Å². The average Bonchev–Trinajstić information content (AvgIpc) is 3.61. The van der Waals surface area contributed by atoms with Crippen molar-refractivity contribution in [1.29, 1.82) is 0 Å². The lowest BCUT2D eigenvalue weighted by Crippen LogP contribution is -1.98. The maximum atomic E-state index is 11.6. The topological polar surface area (TPSA) is 31.2 Å². The molecule has 0 N–H and O–H groups in total. The number of benzene rings is 1. The molecule has 4 heterocycles. The average molecular weight is 524 g/mol.